The number of anilines is 1. The lowest BCUT2D eigenvalue weighted by Gasteiger charge is -2.12. The largest absolute Gasteiger partial charge is 0.495 e. The Kier molecular flexibility index (Phi) is 6.64. The Bertz CT molecular complexity index is 1290. The zero-order valence-electron chi connectivity index (χ0n) is 18.3. The van der Waals surface area contributed by atoms with Gasteiger partial charge in [0.2, 0.25) is 0 Å². The molecule has 1 N–H and O–H groups in total. The van der Waals surface area contributed by atoms with Gasteiger partial charge in [-0.25, -0.2) is 4.79 Å². The van der Waals surface area contributed by atoms with Gasteiger partial charge in [-0.3, -0.25) is 4.79 Å². The second-order valence-corrected chi connectivity index (χ2v) is 7.02. The maximum Gasteiger partial charge on any atom is 0.344 e. The number of hydrogen-bond acceptors (Lipinski definition) is 7. The maximum absolute atomic E-state index is 12.4. The summed E-state index contributed by atoms with van der Waals surface area (Å²) in [6.45, 7) is 1.49. The number of hydrogen-bond donors (Lipinski definition) is 1. The fourth-order valence-corrected chi connectivity index (χ4v) is 3.37. The number of ether oxygens (including phenoxy) is 4. The molecule has 0 spiro atoms. The number of fused-ring (bicyclic) bond motifs is 3. The summed E-state index contributed by atoms with van der Waals surface area (Å²) in [6, 6.07) is 18.1. The van der Waals surface area contributed by atoms with Crippen molar-refractivity contribution < 1.29 is 33.0 Å². The summed E-state index contributed by atoms with van der Waals surface area (Å²) in [6.07, 6.45) is 0. The van der Waals surface area contributed by atoms with Crippen LogP contribution in [0.25, 0.3) is 21.9 Å². The lowest BCUT2D eigenvalue weighted by Crippen LogP contribution is -2.24. The minimum atomic E-state index is -0.684. The first-order chi connectivity index (χ1) is 16.1. The molecule has 0 fully saturated rings. The average molecular weight is 449 g/mol. The van der Waals surface area contributed by atoms with Crippen molar-refractivity contribution in [3.05, 3.63) is 60.7 Å². The summed E-state index contributed by atoms with van der Waals surface area (Å²) >= 11 is 0. The van der Waals surface area contributed by atoms with Gasteiger partial charge in [0.15, 0.2) is 24.7 Å². The van der Waals surface area contributed by atoms with E-state index in [9.17, 15) is 9.59 Å². The van der Waals surface area contributed by atoms with Crippen molar-refractivity contribution in [3.8, 4) is 17.2 Å². The molecule has 4 aromatic rings. The van der Waals surface area contributed by atoms with E-state index < -0.39 is 18.5 Å². The predicted octanol–water partition coefficient (Wildman–Crippen LogP) is 4.55. The molecule has 8 heteroatoms. The van der Waals surface area contributed by atoms with Gasteiger partial charge in [0.1, 0.15) is 16.9 Å². The Morgan fingerprint density at radius 2 is 1.58 bits per heavy atom. The van der Waals surface area contributed by atoms with Crippen LogP contribution in [0.3, 0.4) is 0 Å². The van der Waals surface area contributed by atoms with Gasteiger partial charge in [-0.2, -0.15) is 0 Å². The molecule has 0 aliphatic heterocycles. The Labute approximate surface area is 190 Å². The van der Waals surface area contributed by atoms with Gasteiger partial charge < -0.3 is 28.7 Å². The minimum Gasteiger partial charge on any atom is -0.495 e. The van der Waals surface area contributed by atoms with Crippen molar-refractivity contribution in [2.24, 2.45) is 0 Å². The number of para-hydroxylation sites is 3. The number of methoxy groups -OCH3 is 1. The van der Waals surface area contributed by atoms with Gasteiger partial charge in [-0.05, 0) is 31.2 Å². The first kappa shape index (κ1) is 22.0. The van der Waals surface area contributed by atoms with Crippen molar-refractivity contribution in [2.75, 3.05) is 32.2 Å². The van der Waals surface area contributed by atoms with Crippen LogP contribution < -0.4 is 19.5 Å². The van der Waals surface area contributed by atoms with Gasteiger partial charge in [-0.15, -0.1) is 0 Å². The number of benzene rings is 3. The SMILES string of the molecule is CCOc1ccccc1OCC(=O)OCC(=O)Nc1cc2oc3ccccc3c2cc1OC. The molecule has 0 atom stereocenters. The zero-order chi connectivity index (χ0) is 23.2. The molecule has 33 heavy (non-hydrogen) atoms. The van der Waals surface area contributed by atoms with E-state index in [-0.39, 0.29) is 6.61 Å². The summed E-state index contributed by atoms with van der Waals surface area (Å²) in [5.74, 6) is 0.204. The Hall–Kier alpha value is -4.20. The predicted molar refractivity (Wildman–Crippen MR) is 123 cm³/mol. The second kappa shape index (κ2) is 9.95. The van der Waals surface area contributed by atoms with E-state index in [1.807, 2.05) is 31.2 Å². The zero-order valence-corrected chi connectivity index (χ0v) is 18.3. The smallest absolute Gasteiger partial charge is 0.344 e. The molecule has 4 rings (SSSR count). The minimum absolute atomic E-state index is 0.356. The lowest BCUT2D eigenvalue weighted by molar-refractivity contribution is -0.149. The van der Waals surface area contributed by atoms with E-state index in [0.29, 0.717) is 35.1 Å². The molecule has 170 valence electrons. The van der Waals surface area contributed by atoms with Crippen molar-refractivity contribution >= 4 is 39.5 Å². The van der Waals surface area contributed by atoms with E-state index in [1.54, 1.807) is 36.4 Å². The van der Waals surface area contributed by atoms with Gasteiger partial charge in [0, 0.05) is 16.8 Å². The Morgan fingerprint density at radius 3 is 2.33 bits per heavy atom. The standard InChI is InChI=1S/C25H23NO7/c1-3-30-20-10-6-7-11-21(20)31-15-25(28)32-14-24(27)26-18-13-22-17(12-23(18)29-2)16-8-4-5-9-19(16)33-22/h4-13H,3,14-15H2,1-2H3,(H,26,27). The average Bonchev–Trinajstić information content (AvgIpc) is 3.19. The van der Waals surface area contributed by atoms with Crippen molar-refractivity contribution in [3.63, 3.8) is 0 Å². The van der Waals surface area contributed by atoms with E-state index in [1.165, 1.54) is 7.11 Å². The number of furan rings is 1. The van der Waals surface area contributed by atoms with Crippen molar-refractivity contribution in [1.82, 2.24) is 0 Å². The van der Waals surface area contributed by atoms with Gasteiger partial charge in [0.05, 0.1) is 19.4 Å². The topological polar surface area (TPSA) is 96.2 Å². The van der Waals surface area contributed by atoms with Crippen LogP contribution >= 0.6 is 0 Å². The number of esters is 1. The summed E-state index contributed by atoms with van der Waals surface area (Å²) in [7, 11) is 1.51. The maximum atomic E-state index is 12.4. The van der Waals surface area contributed by atoms with Crippen molar-refractivity contribution in [1.29, 1.82) is 0 Å². The second-order valence-electron chi connectivity index (χ2n) is 7.02. The molecule has 0 saturated carbocycles. The Balaban J connectivity index is 1.36. The molecule has 8 nitrogen and oxygen atoms in total. The monoisotopic (exact) mass is 449 g/mol. The number of rotatable bonds is 9. The summed E-state index contributed by atoms with van der Waals surface area (Å²) in [5, 5.41) is 4.51. The Morgan fingerprint density at radius 1 is 0.848 bits per heavy atom. The molecular formula is C25H23NO7. The molecule has 3 aromatic carbocycles. The highest BCUT2D eigenvalue weighted by molar-refractivity contribution is 6.07. The van der Waals surface area contributed by atoms with Crippen LogP contribution in [0.4, 0.5) is 5.69 Å². The number of carbonyl (C=O) groups excluding carboxylic acids is 2. The molecule has 0 bridgehead atoms. The van der Waals surface area contributed by atoms with E-state index >= 15 is 0 Å². The van der Waals surface area contributed by atoms with Crippen LogP contribution in [-0.4, -0.2) is 38.8 Å². The molecule has 0 aliphatic carbocycles. The van der Waals surface area contributed by atoms with E-state index in [4.69, 9.17) is 23.4 Å². The summed E-state index contributed by atoms with van der Waals surface area (Å²) in [4.78, 5) is 24.4. The normalized spacial score (nSPS) is 10.7. The highest BCUT2D eigenvalue weighted by atomic mass is 16.6. The van der Waals surface area contributed by atoms with E-state index in [0.717, 1.165) is 16.4 Å². The third-order valence-corrected chi connectivity index (χ3v) is 4.83. The van der Waals surface area contributed by atoms with Crippen LogP contribution in [-0.2, 0) is 14.3 Å². The fraction of sp³-hybridized carbons (Fsp3) is 0.200. The quantitative estimate of drug-likeness (QED) is 0.374. The van der Waals surface area contributed by atoms with Crippen molar-refractivity contribution in [2.45, 2.75) is 6.92 Å². The van der Waals surface area contributed by atoms with Crippen LogP contribution in [0, 0.1) is 0 Å². The third-order valence-electron chi connectivity index (χ3n) is 4.83. The molecule has 0 aliphatic rings. The molecule has 0 unspecified atom stereocenters. The fourth-order valence-electron chi connectivity index (χ4n) is 3.37. The lowest BCUT2D eigenvalue weighted by atomic mass is 10.1. The first-order valence-electron chi connectivity index (χ1n) is 10.4. The van der Waals surface area contributed by atoms with Crippen LogP contribution in [0.15, 0.2) is 65.1 Å². The molecule has 1 aromatic heterocycles. The number of nitrogens with one attached hydrogen (secondary N) is 1. The molecule has 0 saturated heterocycles. The van der Waals surface area contributed by atoms with Gasteiger partial charge in [0.25, 0.3) is 5.91 Å². The van der Waals surface area contributed by atoms with Crippen LogP contribution in [0.1, 0.15) is 6.92 Å². The third kappa shape index (κ3) is 5.01. The number of carbonyl (C=O) groups is 2. The molecule has 1 heterocycles. The highest BCUT2D eigenvalue weighted by Crippen LogP contribution is 2.36. The summed E-state index contributed by atoms with van der Waals surface area (Å²) in [5.41, 5.74) is 1.75. The highest BCUT2D eigenvalue weighted by Gasteiger charge is 2.16. The van der Waals surface area contributed by atoms with Crippen LogP contribution in [0.5, 0.6) is 17.2 Å². The molecule has 1 amide bonds. The molecule has 0 radical (unpaired) electrons. The van der Waals surface area contributed by atoms with Gasteiger partial charge >= 0.3 is 5.97 Å². The van der Waals surface area contributed by atoms with Gasteiger partial charge in [-0.1, -0.05) is 30.3 Å². The van der Waals surface area contributed by atoms with Crippen LogP contribution in [0.2, 0.25) is 0 Å². The number of amides is 1. The van der Waals surface area contributed by atoms with E-state index in [2.05, 4.69) is 5.32 Å². The summed E-state index contributed by atoms with van der Waals surface area (Å²) < 4.78 is 27.2. The first-order valence-corrected chi connectivity index (χ1v) is 10.4. The molecular weight excluding hydrogens is 426 g/mol.